The highest BCUT2D eigenvalue weighted by molar-refractivity contribution is 5.81. The molecule has 0 amide bonds. The van der Waals surface area contributed by atoms with Crippen molar-refractivity contribution in [2.45, 2.75) is 12.5 Å². The highest BCUT2D eigenvalue weighted by atomic mass is 16.6. The molecule has 1 aromatic heterocycles. The predicted molar refractivity (Wildman–Crippen MR) is 72.3 cm³/mol. The Morgan fingerprint density at radius 3 is 2.48 bits per heavy atom. The molecule has 0 spiro atoms. The number of nitro groups is 1. The summed E-state index contributed by atoms with van der Waals surface area (Å²) in [6.45, 7) is 1.45. The van der Waals surface area contributed by atoms with Crippen LogP contribution in [-0.2, 0) is 10.3 Å². The molecule has 1 aromatic carbocycles. The fourth-order valence-corrected chi connectivity index (χ4v) is 1.95. The summed E-state index contributed by atoms with van der Waals surface area (Å²) in [5.41, 5.74) is -1.06. The molecule has 1 N–H and O–H groups in total. The number of benzene rings is 1. The van der Waals surface area contributed by atoms with Gasteiger partial charge in [-0.05, 0) is 34.5 Å². The van der Waals surface area contributed by atoms with Crippen molar-refractivity contribution >= 4 is 11.8 Å². The summed E-state index contributed by atoms with van der Waals surface area (Å²) in [6.07, 6.45) is 2.23. The molecule has 1 atom stereocenters. The Balaban J connectivity index is 2.52. The van der Waals surface area contributed by atoms with E-state index in [1.165, 1.54) is 18.6 Å². The number of imidazole rings is 1. The first-order valence-electron chi connectivity index (χ1n) is 5.96. The van der Waals surface area contributed by atoms with Crippen LogP contribution in [0.3, 0.4) is 0 Å². The molecule has 0 aliphatic heterocycles. The first kappa shape index (κ1) is 14.5. The number of rotatable bonds is 5. The molecule has 8 heteroatoms. The quantitative estimate of drug-likeness (QED) is 0.663. The lowest BCUT2D eigenvalue weighted by molar-refractivity contribution is -0.389. The van der Waals surface area contributed by atoms with Crippen molar-refractivity contribution in [2.75, 3.05) is 7.11 Å². The molecule has 2 aromatic rings. The van der Waals surface area contributed by atoms with Crippen LogP contribution in [0.4, 0.5) is 5.82 Å². The molecule has 0 bridgehead atoms. The molecular formula is C13H13N3O5. The molecule has 0 aliphatic rings. The van der Waals surface area contributed by atoms with Gasteiger partial charge in [-0.15, -0.1) is 0 Å². The highest BCUT2D eigenvalue weighted by Crippen LogP contribution is 2.29. The fourth-order valence-electron chi connectivity index (χ4n) is 1.95. The number of nitrogens with zero attached hydrogens (tertiary/aromatic N) is 3. The van der Waals surface area contributed by atoms with Gasteiger partial charge in [0.05, 0.1) is 7.11 Å². The minimum Gasteiger partial charge on any atom is -0.497 e. The van der Waals surface area contributed by atoms with Crippen LogP contribution in [0.1, 0.15) is 12.5 Å². The van der Waals surface area contributed by atoms with Crippen LogP contribution in [0.2, 0.25) is 0 Å². The lowest BCUT2D eigenvalue weighted by Crippen LogP contribution is -2.39. The van der Waals surface area contributed by atoms with E-state index in [0.717, 1.165) is 12.5 Å². The van der Waals surface area contributed by atoms with Crippen LogP contribution in [0.25, 0.3) is 0 Å². The normalized spacial score (nSPS) is 13.4. The fraction of sp³-hybridized carbons (Fsp3) is 0.231. The maximum atomic E-state index is 11.7. The van der Waals surface area contributed by atoms with Crippen molar-refractivity contribution in [2.24, 2.45) is 0 Å². The lowest BCUT2D eigenvalue weighted by atomic mass is 9.92. The van der Waals surface area contributed by atoms with Gasteiger partial charge in [0.15, 0.2) is 5.54 Å². The number of ether oxygens (including phenoxy) is 1. The summed E-state index contributed by atoms with van der Waals surface area (Å²) in [5, 5.41) is 20.3. The first-order valence-corrected chi connectivity index (χ1v) is 5.96. The third-order valence-electron chi connectivity index (χ3n) is 3.34. The molecule has 1 unspecified atom stereocenters. The molecule has 0 saturated heterocycles. The van der Waals surface area contributed by atoms with Gasteiger partial charge < -0.3 is 20.0 Å². The third kappa shape index (κ3) is 2.42. The van der Waals surface area contributed by atoms with Gasteiger partial charge in [0.25, 0.3) is 0 Å². The van der Waals surface area contributed by atoms with Crippen LogP contribution in [0, 0.1) is 10.1 Å². The van der Waals surface area contributed by atoms with Crippen molar-refractivity contribution in [3.8, 4) is 5.75 Å². The molecule has 1 heterocycles. The Morgan fingerprint density at radius 1 is 1.43 bits per heavy atom. The zero-order valence-corrected chi connectivity index (χ0v) is 11.4. The number of hydrogen-bond acceptors (Lipinski definition) is 5. The number of hydrogen-bond donors (Lipinski definition) is 1. The number of aliphatic carboxylic acids is 1. The largest absolute Gasteiger partial charge is 0.497 e. The van der Waals surface area contributed by atoms with E-state index in [1.54, 1.807) is 24.3 Å². The van der Waals surface area contributed by atoms with Crippen molar-refractivity contribution < 1.29 is 19.6 Å². The molecule has 0 fully saturated rings. The second-order valence-electron chi connectivity index (χ2n) is 4.50. The van der Waals surface area contributed by atoms with E-state index >= 15 is 0 Å². The van der Waals surface area contributed by atoms with E-state index in [1.807, 2.05) is 0 Å². The second kappa shape index (κ2) is 5.23. The standard InChI is InChI=1S/C13H13N3O5/c1-13(12(17)18,9-3-5-10(21-2)6-4-9)15-7-11(14-8-15)16(19)20/h3-8H,1-2H3,(H,17,18). The Kier molecular flexibility index (Phi) is 3.62. The molecule has 8 nitrogen and oxygen atoms in total. The minimum absolute atomic E-state index is 0.406. The highest BCUT2D eigenvalue weighted by Gasteiger charge is 2.39. The molecular weight excluding hydrogens is 278 g/mol. The summed E-state index contributed by atoms with van der Waals surface area (Å²) in [5.74, 6) is -0.973. The van der Waals surface area contributed by atoms with Gasteiger partial charge in [-0.2, -0.15) is 0 Å². The summed E-state index contributed by atoms with van der Waals surface area (Å²) >= 11 is 0. The van der Waals surface area contributed by atoms with Crippen LogP contribution in [-0.4, -0.2) is 32.7 Å². The predicted octanol–water partition coefficient (Wildman–Crippen LogP) is 1.65. The maximum absolute atomic E-state index is 11.7. The van der Waals surface area contributed by atoms with E-state index in [2.05, 4.69) is 4.98 Å². The van der Waals surface area contributed by atoms with Gasteiger partial charge in [0.1, 0.15) is 11.9 Å². The topological polar surface area (TPSA) is 107 Å². The number of carboxylic acid groups (broad SMARTS) is 1. The third-order valence-corrected chi connectivity index (χ3v) is 3.34. The van der Waals surface area contributed by atoms with E-state index in [4.69, 9.17) is 4.74 Å². The summed E-state index contributed by atoms with van der Waals surface area (Å²) in [4.78, 5) is 25.3. The monoisotopic (exact) mass is 291 g/mol. The van der Waals surface area contributed by atoms with Crippen molar-refractivity contribution in [1.29, 1.82) is 0 Å². The zero-order valence-electron chi connectivity index (χ0n) is 11.4. The van der Waals surface area contributed by atoms with Gasteiger partial charge >= 0.3 is 11.8 Å². The molecule has 0 radical (unpaired) electrons. The van der Waals surface area contributed by atoms with E-state index in [0.29, 0.717) is 11.3 Å². The number of aromatic nitrogens is 2. The van der Waals surface area contributed by atoms with E-state index < -0.39 is 22.2 Å². The van der Waals surface area contributed by atoms with Gasteiger partial charge in [-0.25, -0.2) is 4.79 Å². The van der Waals surface area contributed by atoms with Crippen LogP contribution < -0.4 is 4.74 Å². The smallest absolute Gasteiger partial charge is 0.381 e. The SMILES string of the molecule is COc1ccc(C(C)(C(=O)O)n2cnc([N+](=O)[O-])c2)cc1. The molecule has 0 aliphatic carbocycles. The Morgan fingerprint density at radius 2 is 2.05 bits per heavy atom. The number of methoxy groups -OCH3 is 1. The number of carbonyl (C=O) groups is 1. The van der Waals surface area contributed by atoms with Crippen molar-refractivity contribution in [3.05, 3.63) is 52.5 Å². The van der Waals surface area contributed by atoms with Crippen LogP contribution >= 0.6 is 0 Å². The minimum atomic E-state index is -1.51. The van der Waals surface area contributed by atoms with Gasteiger partial charge in [-0.1, -0.05) is 12.1 Å². The Bertz CT molecular complexity index is 679. The lowest BCUT2D eigenvalue weighted by Gasteiger charge is -2.26. The van der Waals surface area contributed by atoms with Crippen molar-refractivity contribution in [1.82, 2.24) is 9.55 Å². The van der Waals surface area contributed by atoms with Gasteiger partial charge in [0, 0.05) is 0 Å². The number of carboxylic acids is 1. The van der Waals surface area contributed by atoms with E-state index in [-0.39, 0.29) is 0 Å². The van der Waals surface area contributed by atoms with Crippen LogP contribution in [0.15, 0.2) is 36.8 Å². The molecule has 110 valence electrons. The maximum Gasteiger partial charge on any atom is 0.381 e. The second-order valence-corrected chi connectivity index (χ2v) is 4.50. The zero-order chi connectivity index (χ0) is 15.6. The Labute approximate surface area is 119 Å². The molecule has 21 heavy (non-hydrogen) atoms. The Hall–Kier alpha value is -2.90. The van der Waals surface area contributed by atoms with Gasteiger partial charge in [-0.3, -0.25) is 4.57 Å². The molecule has 2 rings (SSSR count). The van der Waals surface area contributed by atoms with Gasteiger partial charge in [0.2, 0.25) is 6.33 Å². The molecule has 0 saturated carbocycles. The summed E-state index contributed by atoms with van der Waals surface area (Å²) in [7, 11) is 1.50. The van der Waals surface area contributed by atoms with Crippen molar-refractivity contribution in [3.63, 3.8) is 0 Å². The average molecular weight is 291 g/mol. The summed E-state index contributed by atoms with van der Waals surface area (Å²) < 4.78 is 6.23. The average Bonchev–Trinajstić information content (AvgIpc) is 2.96. The summed E-state index contributed by atoms with van der Waals surface area (Å²) in [6, 6.07) is 6.45. The first-order chi connectivity index (χ1) is 9.89. The van der Waals surface area contributed by atoms with E-state index in [9.17, 15) is 20.0 Å². The van der Waals surface area contributed by atoms with Crippen LogP contribution in [0.5, 0.6) is 5.75 Å².